The molecule has 0 aromatic rings. The summed E-state index contributed by atoms with van der Waals surface area (Å²) in [7, 11) is 0. The summed E-state index contributed by atoms with van der Waals surface area (Å²) in [6.45, 7) is 3.35. The van der Waals surface area contributed by atoms with Gasteiger partial charge < -0.3 is 5.73 Å². The molecule has 1 heterocycles. The van der Waals surface area contributed by atoms with Gasteiger partial charge in [0.15, 0.2) is 0 Å². The fourth-order valence-electron chi connectivity index (χ4n) is 2.27. The van der Waals surface area contributed by atoms with Crippen molar-refractivity contribution in [1.82, 2.24) is 4.90 Å². The largest absolute Gasteiger partial charge is 0.330 e. The van der Waals surface area contributed by atoms with Crippen LogP contribution in [0, 0.1) is 5.92 Å². The van der Waals surface area contributed by atoms with Crippen molar-refractivity contribution in [3.8, 4) is 0 Å². The first-order valence-electron chi connectivity index (χ1n) is 6.75. The molecular formula is C13H24N2O2. The summed E-state index contributed by atoms with van der Waals surface area (Å²) >= 11 is 0. The molecule has 1 fully saturated rings. The molecule has 1 rings (SSSR count). The van der Waals surface area contributed by atoms with Crippen LogP contribution in [0.5, 0.6) is 0 Å². The first-order chi connectivity index (χ1) is 8.20. The molecule has 4 nitrogen and oxygen atoms in total. The summed E-state index contributed by atoms with van der Waals surface area (Å²) < 4.78 is 0. The average Bonchev–Trinajstić information content (AvgIpc) is 2.58. The number of likely N-dealkylation sites (tertiary alicyclic amines) is 1. The molecule has 0 aromatic heterocycles. The van der Waals surface area contributed by atoms with Crippen LogP contribution in [0.2, 0.25) is 0 Å². The Kier molecular flexibility index (Phi) is 6.19. The van der Waals surface area contributed by atoms with E-state index in [0.717, 1.165) is 25.7 Å². The highest BCUT2D eigenvalue weighted by atomic mass is 16.2. The van der Waals surface area contributed by atoms with Crippen molar-refractivity contribution in [3.63, 3.8) is 0 Å². The summed E-state index contributed by atoms with van der Waals surface area (Å²) in [5, 5.41) is 0. The second-order valence-corrected chi connectivity index (χ2v) is 4.78. The van der Waals surface area contributed by atoms with Crippen molar-refractivity contribution >= 4 is 11.8 Å². The lowest BCUT2D eigenvalue weighted by atomic mass is 10.0. The number of unbranched alkanes of at least 4 members (excludes halogenated alkanes) is 3. The van der Waals surface area contributed by atoms with Gasteiger partial charge in [-0.15, -0.1) is 0 Å². The minimum Gasteiger partial charge on any atom is -0.330 e. The van der Waals surface area contributed by atoms with E-state index in [0.29, 0.717) is 19.5 Å². The third-order valence-electron chi connectivity index (χ3n) is 3.33. The Labute approximate surface area is 104 Å². The molecule has 2 amide bonds. The van der Waals surface area contributed by atoms with Crippen molar-refractivity contribution in [3.05, 3.63) is 0 Å². The molecular weight excluding hydrogens is 216 g/mol. The van der Waals surface area contributed by atoms with E-state index in [2.05, 4.69) is 6.92 Å². The van der Waals surface area contributed by atoms with Gasteiger partial charge in [0.1, 0.15) is 0 Å². The minimum absolute atomic E-state index is 0.00789. The normalized spacial score (nSPS) is 20.4. The molecule has 1 aliphatic rings. The summed E-state index contributed by atoms with van der Waals surface area (Å²) in [5.74, 6) is -0.0642. The number of imide groups is 1. The number of nitrogens with zero attached hydrogens (tertiary/aromatic N) is 1. The van der Waals surface area contributed by atoms with Crippen LogP contribution in [0.3, 0.4) is 0 Å². The highest BCUT2D eigenvalue weighted by molar-refractivity contribution is 6.03. The Bertz CT molecular complexity index is 266. The van der Waals surface area contributed by atoms with E-state index in [9.17, 15) is 9.59 Å². The van der Waals surface area contributed by atoms with Crippen molar-refractivity contribution in [2.24, 2.45) is 11.7 Å². The van der Waals surface area contributed by atoms with Crippen molar-refractivity contribution in [2.45, 2.75) is 51.9 Å². The van der Waals surface area contributed by atoms with Gasteiger partial charge in [0, 0.05) is 18.9 Å². The number of carbonyl (C=O) groups excluding carboxylic acids is 2. The average molecular weight is 240 g/mol. The Morgan fingerprint density at radius 2 is 2.00 bits per heavy atom. The standard InChI is InChI=1S/C13H24N2O2/c1-2-3-4-5-9-15-12(16)10-11(13(15)17)7-6-8-14/h11H,2-10,14H2,1H3. The molecule has 0 aliphatic carbocycles. The lowest BCUT2D eigenvalue weighted by molar-refractivity contribution is -0.139. The predicted octanol–water partition coefficient (Wildman–Crippen LogP) is 1.68. The zero-order valence-corrected chi connectivity index (χ0v) is 10.8. The number of nitrogens with two attached hydrogens (primary N) is 1. The zero-order chi connectivity index (χ0) is 12.7. The van der Waals surface area contributed by atoms with Gasteiger partial charge in [-0.25, -0.2) is 0 Å². The molecule has 0 radical (unpaired) electrons. The highest BCUT2D eigenvalue weighted by Gasteiger charge is 2.37. The second-order valence-electron chi connectivity index (χ2n) is 4.78. The molecule has 98 valence electrons. The van der Waals surface area contributed by atoms with Gasteiger partial charge in [0.25, 0.3) is 0 Å². The number of carbonyl (C=O) groups is 2. The maximum atomic E-state index is 11.9. The Morgan fingerprint density at radius 3 is 2.65 bits per heavy atom. The van der Waals surface area contributed by atoms with Gasteiger partial charge in [0.2, 0.25) is 11.8 Å². The summed E-state index contributed by atoms with van der Waals surface area (Å²) in [6, 6.07) is 0. The predicted molar refractivity (Wildman–Crippen MR) is 67.3 cm³/mol. The lowest BCUT2D eigenvalue weighted by Gasteiger charge is -2.14. The van der Waals surface area contributed by atoms with Crippen LogP contribution in [0.15, 0.2) is 0 Å². The van der Waals surface area contributed by atoms with E-state index in [1.165, 1.54) is 17.7 Å². The van der Waals surface area contributed by atoms with Crippen molar-refractivity contribution in [2.75, 3.05) is 13.1 Å². The lowest BCUT2D eigenvalue weighted by Crippen LogP contribution is -2.31. The maximum Gasteiger partial charge on any atom is 0.232 e. The van der Waals surface area contributed by atoms with Crippen LogP contribution < -0.4 is 5.73 Å². The van der Waals surface area contributed by atoms with Gasteiger partial charge in [0.05, 0.1) is 0 Å². The van der Waals surface area contributed by atoms with E-state index >= 15 is 0 Å². The van der Waals surface area contributed by atoms with Crippen LogP contribution in [0.25, 0.3) is 0 Å². The number of rotatable bonds is 8. The quantitative estimate of drug-likeness (QED) is 0.518. The Morgan fingerprint density at radius 1 is 1.24 bits per heavy atom. The zero-order valence-electron chi connectivity index (χ0n) is 10.8. The molecule has 1 saturated heterocycles. The molecule has 1 atom stereocenters. The summed E-state index contributed by atoms with van der Waals surface area (Å²) in [4.78, 5) is 25.1. The first-order valence-corrected chi connectivity index (χ1v) is 6.75. The maximum absolute atomic E-state index is 11.9. The molecule has 1 aliphatic heterocycles. The fraction of sp³-hybridized carbons (Fsp3) is 0.846. The molecule has 0 spiro atoms. The van der Waals surface area contributed by atoms with E-state index in [4.69, 9.17) is 5.73 Å². The van der Waals surface area contributed by atoms with Gasteiger partial charge in [-0.05, 0) is 25.8 Å². The monoisotopic (exact) mass is 240 g/mol. The highest BCUT2D eigenvalue weighted by Crippen LogP contribution is 2.24. The number of hydrogen-bond donors (Lipinski definition) is 1. The summed E-state index contributed by atoms with van der Waals surface area (Å²) in [6.07, 6.45) is 6.36. The van der Waals surface area contributed by atoms with E-state index in [1.807, 2.05) is 0 Å². The van der Waals surface area contributed by atoms with Gasteiger partial charge >= 0.3 is 0 Å². The van der Waals surface area contributed by atoms with Crippen LogP contribution >= 0.6 is 0 Å². The van der Waals surface area contributed by atoms with Gasteiger partial charge in [-0.1, -0.05) is 26.2 Å². The van der Waals surface area contributed by atoms with E-state index < -0.39 is 0 Å². The molecule has 0 saturated carbocycles. The van der Waals surface area contributed by atoms with Gasteiger partial charge in [-0.3, -0.25) is 14.5 Å². The first kappa shape index (κ1) is 14.2. The fourth-order valence-corrected chi connectivity index (χ4v) is 2.27. The molecule has 2 N–H and O–H groups in total. The molecule has 0 bridgehead atoms. The van der Waals surface area contributed by atoms with Crippen LogP contribution in [-0.4, -0.2) is 29.8 Å². The minimum atomic E-state index is -0.0998. The topological polar surface area (TPSA) is 63.4 Å². The Hall–Kier alpha value is -0.900. The Balaban J connectivity index is 2.34. The number of amides is 2. The third-order valence-corrected chi connectivity index (χ3v) is 3.33. The molecule has 4 heteroatoms. The molecule has 1 unspecified atom stereocenters. The SMILES string of the molecule is CCCCCCN1C(=O)CC(CCCN)C1=O. The summed E-state index contributed by atoms with van der Waals surface area (Å²) in [5.41, 5.74) is 5.43. The molecule has 17 heavy (non-hydrogen) atoms. The van der Waals surface area contributed by atoms with E-state index in [1.54, 1.807) is 0 Å². The van der Waals surface area contributed by atoms with Gasteiger partial charge in [-0.2, -0.15) is 0 Å². The number of hydrogen-bond acceptors (Lipinski definition) is 3. The van der Waals surface area contributed by atoms with Crippen LogP contribution in [-0.2, 0) is 9.59 Å². The van der Waals surface area contributed by atoms with Crippen molar-refractivity contribution < 1.29 is 9.59 Å². The second kappa shape index (κ2) is 7.43. The molecule has 0 aromatic carbocycles. The van der Waals surface area contributed by atoms with Crippen molar-refractivity contribution in [1.29, 1.82) is 0 Å². The van der Waals surface area contributed by atoms with Crippen LogP contribution in [0.1, 0.15) is 51.9 Å². The third kappa shape index (κ3) is 4.11. The van der Waals surface area contributed by atoms with E-state index in [-0.39, 0.29) is 17.7 Å². The smallest absolute Gasteiger partial charge is 0.232 e. The van der Waals surface area contributed by atoms with Crippen LogP contribution in [0.4, 0.5) is 0 Å².